The fraction of sp³-hybridized carbons (Fsp3) is 0.241. The number of thiazole rings is 2. The number of aromatic nitrogens is 2. The summed E-state index contributed by atoms with van der Waals surface area (Å²) in [7, 11) is 3.20. The number of anilines is 2. The van der Waals surface area contributed by atoms with Gasteiger partial charge in [-0.05, 0) is 50.1 Å². The lowest BCUT2D eigenvalue weighted by atomic mass is 9.93. The Balaban J connectivity index is 1.35. The predicted octanol–water partition coefficient (Wildman–Crippen LogP) is 6.37. The Kier molecular flexibility index (Phi) is 7.76. The monoisotopic (exact) mass is 560 g/mol. The van der Waals surface area contributed by atoms with E-state index in [2.05, 4.69) is 38.8 Å². The van der Waals surface area contributed by atoms with Crippen molar-refractivity contribution in [2.24, 2.45) is 5.92 Å². The van der Waals surface area contributed by atoms with Gasteiger partial charge in [0.15, 0.2) is 10.3 Å². The highest BCUT2D eigenvalue weighted by atomic mass is 32.1. The SMILES string of the molecule is COc1ccc2sc(NC(=O)CC(Cc3cc(C)cc(C)c3)C(=O)Nc3nc4cc(OC)ccc4s3)nc2c1. The number of carbonyl (C=O) groups is 2. The van der Waals surface area contributed by atoms with Crippen LogP contribution >= 0.6 is 22.7 Å². The van der Waals surface area contributed by atoms with Crippen molar-refractivity contribution in [1.82, 2.24) is 9.97 Å². The normalized spacial score (nSPS) is 11.9. The molecule has 2 aromatic heterocycles. The van der Waals surface area contributed by atoms with Gasteiger partial charge in [-0.15, -0.1) is 0 Å². The van der Waals surface area contributed by atoms with E-state index in [9.17, 15) is 9.59 Å². The zero-order chi connectivity index (χ0) is 27.5. The first kappa shape index (κ1) is 26.6. The summed E-state index contributed by atoms with van der Waals surface area (Å²) in [5, 5.41) is 6.79. The average molecular weight is 561 g/mol. The standard InChI is InChI=1S/C29H28N4O4S2/c1-16-9-17(2)11-18(10-16)12-19(27(35)33-29-31-23-15-21(37-4)6-8-25(23)39-29)13-26(34)32-28-30-22-14-20(36-3)5-7-24(22)38-28/h5-11,14-15,19H,12-13H2,1-4H3,(H,30,32,34)(H,31,33,35). The molecule has 0 fully saturated rings. The van der Waals surface area contributed by atoms with E-state index in [-0.39, 0.29) is 18.2 Å². The number of hydrogen-bond donors (Lipinski definition) is 2. The molecule has 200 valence electrons. The van der Waals surface area contributed by atoms with Gasteiger partial charge in [-0.2, -0.15) is 0 Å². The van der Waals surface area contributed by atoms with Crippen LogP contribution in [-0.2, 0) is 16.0 Å². The average Bonchev–Trinajstić information content (AvgIpc) is 3.48. The van der Waals surface area contributed by atoms with E-state index < -0.39 is 5.92 Å². The molecule has 0 aliphatic rings. The van der Waals surface area contributed by atoms with Crippen LogP contribution in [0.2, 0.25) is 0 Å². The third kappa shape index (κ3) is 6.35. The molecule has 0 spiro atoms. The molecule has 39 heavy (non-hydrogen) atoms. The zero-order valence-electron chi connectivity index (χ0n) is 22.0. The van der Waals surface area contributed by atoms with E-state index in [1.54, 1.807) is 14.2 Å². The maximum atomic E-state index is 13.5. The van der Waals surface area contributed by atoms with E-state index in [1.165, 1.54) is 22.7 Å². The first-order valence-corrected chi connectivity index (χ1v) is 14.0. The van der Waals surface area contributed by atoms with E-state index in [0.29, 0.717) is 28.2 Å². The molecule has 8 nitrogen and oxygen atoms in total. The van der Waals surface area contributed by atoms with Crippen molar-refractivity contribution in [3.05, 3.63) is 71.3 Å². The Morgan fingerprint density at radius 2 is 1.33 bits per heavy atom. The summed E-state index contributed by atoms with van der Waals surface area (Å²) < 4.78 is 12.4. The number of methoxy groups -OCH3 is 2. The highest BCUT2D eigenvalue weighted by Gasteiger charge is 2.25. The Bertz CT molecular complexity index is 1660. The molecule has 2 heterocycles. The maximum Gasteiger partial charge on any atom is 0.230 e. The van der Waals surface area contributed by atoms with Crippen LogP contribution in [-0.4, -0.2) is 36.0 Å². The molecule has 2 amide bonds. The summed E-state index contributed by atoms with van der Waals surface area (Å²) in [6.45, 7) is 4.05. The Morgan fingerprint density at radius 3 is 1.87 bits per heavy atom. The Labute approximate surface area is 234 Å². The van der Waals surface area contributed by atoms with Gasteiger partial charge in [0, 0.05) is 18.6 Å². The molecule has 5 aromatic rings. The maximum absolute atomic E-state index is 13.5. The predicted molar refractivity (Wildman–Crippen MR) is 157 cm³/mol. The van der Waals surface area contributed by atoms with Gasteiger partial charge in [0.25, 0.3) is 0 Å². The van der Waals surface area contributed by atoms with Crippen molar-refractivity contribution in [1.29, 1.82) is 0 Å². The molecule has 0 saturated carbocycles. The molecule has 0 aliphatic heterocycles. The number of aryl methyl sites for hydroxylation is 2. The fourth-order valence-corrected chi connectivity index (χ4v) is 6.22. The number of benzene rings is 3. The summed E-state index contributed by atoms with van der Waals surface area (Å²) in [5.41, 5.74) is 4.70. The van der Waals surface area contributed by atoms with Crippen LogP contribution in [0.3, 0.4) is 0 Å². The number of rotatable bonds is 9. The number of amides is 2. The molecular weight excluding hydrogens is 532 g/mol. The molecule has 0 radical (unpaired) electrons. The quantitative estimate of drug-likeness (QED) is 0.217. The van der Waals surface area contributed by atoms with Gasteiger partial charge < -0.3 is 20.1 Å². The molecule has 0 saturated heterocycles. The van der Waals surface area contributed by atoms with Gasteiger partial charge in [0.1, 0.15) is 11.5 Å². The Hall–Kier alpha value is -4.02. The summed E-state index contributed by atoms with van der Waals surface area (Å²) in [6, 6.07) is 17.4. The van der Waals surface area contributed by atoms with Gasteiger partial charge in [-0.25, -0.2) is 9.97 Å². The number of nitrogens with zero attached hydrogens (tertiary/aromatic N) is 2. The largest absolute Gasteiger partial charge is 0.497 e. The number of nitrogens with one attached hydrogen (secondary N) is 2. The van der Waals surface area contributed by atoms with Crippen LogP contribution in [0.1, 0.15) is 23.1 Å². The lowest BCUT2D eigenvalue weighted by Gasteiger charge is -2.16. The van der Waals surface area contributed by atoms with Crippen LogP contribution < -0.4 is 20.1 Å². The van der Waals surface area contributed by atoms with Crippen LogP contribution in [0.15, 0.2) is 54.6 Å². The van der Waals surface area contributed by atoms with Crippen molar-refractivity contribution in [2.45, 2.75) is 26.7 Å². The molecule has 0 aliphatic carbocycles. The number of carbonyl (C=O) groups excluding carboxylic acids is 2. The van der Waals surface area contributed by atoms with Crippen molar-refractivity contribution >= 4 is 65.2 Å². The summed E-state index contributed by atoms with van der Waals surface area (Å²) in [6.07, 6.45) is 0.411. The molecular formula is C29H28N4O4S2. The van der Waals surface area contributed by atoms with Gasteiger partial charge in [0.05, 0.1) is 40.6 Å². The molecule has 0 bridgehead atoms. The molecule has 1 atom stereocenters. The second-order valence-electron chi connectivity index (χ2n) is 9.34. The third-order valence-corrected chi connectivity index (χ3v) is 8.14. The molecule has 1 unspecified atom stereocenters. The summed E-state index contributed by atoms with van der Waals surface area (Å²) >= 11 is 2.76. The summed E-state index contributed by atoms with van der Waals surface area (Å²) in [4.78, 5) is 35.7. The van der Waals surface area contributed by atoms with Crippen molar-refractivity contribution in [3.63, 3.8) is 0 Å². The number of fused-ring (bicyclic) bond motifs is 2. The minimum Gasteiger partial charge on any atom is -0.497 e. The van der Waals surface area contributed by atoms with Gasteiger partial charge >= 0.3 is 0 Å². The van der Waals surface area contributed by atoms with Crippen LogP contribution in [0, 0.1) is 19.8 Å². The van der Waals surface area contributed by atoms with Crippen molar-refractivity contribution in [3.8, 4) is 11.5 Å². The zero-order valence-corrected chi connectivity index (χ0v) is 23.7. The second kappa shape index (κ2) is 11.4. The van der Waals surface area contributed by atoms with Gasteiger partial charge in [-0.1, -0.05) is 52.0 Å². The van der Waals surface area contributed by atoms with Gasteiger partial charge in [0.2, 0.25) is 11.8 Å². The van der Waals surface area contributed by atoms with Crippen LogP contribution in [0.5, 0.6) is 11.5 Å². The Morgan fingerprint density at radius 1 is 0.795 bits per heavy atom. The first-order chi connectivity index (χ1) is 18.8. The topological polar surface area (TPSA) is 102 Å². The third-order valence-electron chi connectivity index (χ3n) is 6.23. The van der Waals surface area contributed by atoms with Crippen LogP contribution in [0.4, 0.5) is 10.3 Å². The van der Waals surface area contributed by atoms with Crippen molar-refractivity contribution < 1.29 is 19.1 Å². The highest BCUT2D eigenvalue weighted by molar-refractivity contribution is 7.22. The van der Waals surface area contributed by atoms with E-state index in [0.717, 1.165) is 37.1 Å². The molecule has 3 aromatic carbocycles. The number of hydrogen-bond acceptors (Lipinski definition) is 8. The van der Waals surface area contributed by atoms with E-state index in [1.807, 2.05) is 50.2 Å². The highest BCUT2D eigenvalue weighted by Crippen LogP contribution is 2.31. The molecule has 2 N–H and O–H groups in total. The first-order valence-electron chi connectivity index (χ1n) is 12.4. The minimum absolute atomic E-state index is 0.00319. The summed E-state index contributed by atoms with van der Waals surface area (Å²) in [5.74, 6) is 0.249. The lowest BCUT2D eigenvalue weighted by molar-refractivity contribution is -0.124. The van der Waals surface area contributed by atoms with E-state index >= 15 is 0 Å². The number of ether oxygens (including phenoxy) is 2. The van der Waals surface area contributed by atoms with Gasteiger partial charge in [-0.3, -0.25) is 9.59 Å². The minimum atomic E-state index is -0.609. The smallest absolute Gasteiger partial charge is 0.230 e. The second-order valence-corrected chi connectivity index (χ2v) is 11.4. The lowest BCUT2D eigenvalue weighted by Crippen LogP contribution is -2.29. The molecule has 10 heteroatoms. The van der Waals surface area contributed by atoms with E-state index in [4.69, 9.17) is 9.47 Å². The van der Waals surface area contributed by atoms with Crippen molar-refractivity contribution in [2.75, 3.05) is 24.9 Å². The fourth-order valence-electron chi connectivity index (χ4n) is 4.51. The van der Waals surface area contributed by atoms with Crippen LogP contribution in [0.25, 0.3) is 20.4 Å². The molecule has 5 rings (SSSR count).